The Morgan fingerprint density at radius 3 is 2.60 bits per heavy atom. The van der Waals surface area contributed by atoms with Gasteiger partial charge in [-0.2, -0.15) is 0 Å². The summed E-state index contributed by atoms with van der Waals surface area (Å²) in [5.74, 6) is 0. The van der Waals surface area contributed by atoms with E-state index in [0.29, 0.717) is 0 Å². The number of aromatic nitrogens is 1. The number of fused-ring (bicyclic) bond motifs is 2. The van der Waals surface area contributed by atoms with Crippen LogP contribution in [0.1, 0.15) is 35.2 Å². The first-order valence-corrected chi connectivity index (χ1v) is 8.86. The molecule has 5 nitrogen and oxygen atoms in total. The molecule has 0 saturated carbocycles. The fourth-order valence-corrected chi connectivity index (χ4v) is 3.95. The molecule has 2 aromatic rings. The summed E-state index contributed by atoms with van der Waals surface area (Å²) in [5.41, 5.74) is 6.77. The summed E-state index contributed by atoms with van der Waals surface area (Å²) in [7, 11) is 0. The molecular formula is C19H18ClN3O2. The van der Waals surface area contributed by atoms with Crippen LogP contribution < -0.4 is 5.32 Å². The molecule has 2 aliphatic rings. The minimum Gasteiger partial charge on any atom is -0.316 e. The molecule has 6 heteroatoms. The van der Waals surface area contributed by atoms with Crippen molar-refractivity contribution in [2.24, 2.45) is 0 Å². The van der Waals surface area contributed by atoms with Crippen LogP contribution in [0, 0.1) is 10.1 Å². The van der Waals surface area contributed by atoms with Crippen molar-refractivity contribution in [1.82, 2.24) is 10.3 Å². The summed E-state index contributed by atoms with van der Waals surface area (Å²) in [5, 5.41) is 15.3. The average Bonchev–Trinajstić information content (AvgIpc) is 2.78. The summed E-state index contributed by atoms with van der Waals surface area (Å²) in [4.78, 5) is 15.3. The van der Waals surface area contributed by atoms with Crippen LogP contribution in [0.4, 0.5) is 5.69 Å². The molecule has 128 valence electrons. The van der Waals surface area contributed by atoms with Gasteiger partial charge in [-0.3, -0.25) is 10.1 Å². The van der Waals surface area contributed by atoms with Crippen molar-refractivity contribution in [3.8, 4) is 0 Å². The number of nitrogens with zero attached hydrogens (tertiary/aromatic N) is 2. The Morgan fingerprint density at radius 2 is 1.84 bits per heavy atom. The van der Waals surface area contributed by atoms with E-state index in [4.69, 9.17) is 11.6 Å². The van der Waals surface area contributed by atoms with E-state index in [0.717, 1.165) is 60.6 Å². The molecule has 1 fully saturated rings. The molecule has 1 aromatic carbocycles. The Balaban J connectivity index is 1.95. The van der Waals surface area contributed by atoms with Gasteiger partial charge in [0, 0.05) is 16.7 Å². The molecule has 0 radical (unpaired) electrons. The van der Waals surface area contributed by atoms with Crippen molar-refractivity contribution in [2.75, 3.05) is 13.1 Å². The van der Waals surface area contributed by atoms with E-state index in [1.807, 2.05) is 12.1 Å². The van der Waals surface area contributed by atoms with Crippen LogP contribution in [0.3, 0.4) is 0 Å². The number of nitro groups is 1. The summed E-state index contributed by atoms with van der Waals surface area (Å²) in [6.07, 6.45) is 4.85. The first-order valence-electron chi connectivity index (χ1n) is 8.48. The van der Waals surface area contributed by atoms with Crippen molar-refractivity contribution in [3.63, 3.8) is 0 Å². The maximum absolute atomic E-state index is 11.1. The van der Waals surface area contributed by atoms with Gasteiger partial charge in [0.25, 0.3) is 5.69 Å². The van der Waals surface area contributed by atoms with Crippen LogP contribution in [0.15, 0.2) is 36.0 Å². The quantitative estimate of drug-likeness (QED) is 0.621. The second-order valence-electron chi connectivity index (χ2n) is 6.49. The van der Waals surface area contributed by atoms with Gasteiger partial charge >= 0.3 is 0 Å². The number of nitrogens with one attached hydrogen (secondary N) is 1. The third kappa shape index (κ3) is 3.05. The fraction of sp³-hybridized carbons (Fsp3) is 0.316. The predicted molar refractivity (Wildman–Crippen MR) is 97.9 cm³/mol. The Labute approximate surface area is 150 Å². The molecule has 0 amide bonds. The zero-order valence-corrected chi connectivity index (χ0v) is 14.5. The van der Waals surface area contributed by atoms with E-state index in [-0.39, 0.29) is 10.6 Å². The molecule has 2 heterocycles. The number of hydrogen-bond acceptors (Lipinski definition) is 4. The normalized spacial score (nSPS) is 16.8. The Morgan fingerprint density at radius 1 is 1.08 bits per heavy atom. The van der Waals surface area contributed by atoms with Gasteiger partial charge in [-0.25, -0.2) is 4.98 Å². The molecule has 1 saturated heterocycles. The lowest BCUT2D eigenvalue weighted by molar-refractivity contribution is -0.385. The zero-order chi connectivity index (χ0) is 17.4. The van der Waals surface area contributed by atoms with Crippen LogP contribution in [0.5, 0.6) is 0 Å². The van der Waals surface area contributed by atoms with Crippen molar-refractivity contribution in [2.45, 2.75) is 25.7 Å². The van der Waals surface area contributed by atoms with Gasteiger partial charge in [0.1, 0.15) is 6.20 Å². The maximum Gasteiger partial charge on any atom is 0.287 e. The van der Waals surface area contributed by atoms with E-state index in [9.17, 15) is 10.1 Å². The van der Waals surface area contributed by atoms with Crippen molar-refractivity contribution in [1.29, 1.82) is 0 Å². The van der Waals surface area contributed by atoms with Crippen molar-refractivity contribution >= 4 is 22.9 Å². The average molecular weight is 356 g/mol. The van der Waals surface area contributed by atoms with Crippen LogP contribution in [-0.4, -0.2) is 23.0 Å². The van der Waals surface area contributed by atoms with Gasteiger partial charge in [0.2, 0.25) is 0 Å². The molecular weight excluding hydrogens is 338 g/mol. The van der Waals surface area contributed by atoms with Gasteiger partial charge in [0.15, 0.2) is 0 Å². The van der Waals surface area contributed by atoms with Crippen LogP contribution in [-0.2, 0) is 12.8 Å². The van der Waals surface area contributed by atoms with Gasteiger partial charge in [0.05, 0.1) is 10.6 Å². The smallest absolute Gasteiger partial charge is 0.287 e. The van der Waals surface area contributed by atoms with E-state index >= 15 is 0 Å². The SMILES string of the molecule is O=[N+]([O-])c1cnc2c(c1)CCc1cc(Cl)ccc1C2=C1CCNCC1. The molecule has 0 spiro atoms. The molecule has 1 N–H and O–H groups in total. The lowest BCUT2D eigenvalue weighted by Gasteiger charge is -2.21. The Hall–Kier alpha value is -2.24. The van der Waals surface area contributed by atoms with E-state index < -0.39 is 0 Å². The number of aryl methyl sites for hydroxylation is 2. The first kappa shape index (κ1) is 16.2. The number of pyridine rings is 1. The standard InChI is InChI=1S/C19H18ClN3O2/c20-15-3-4-17-13(9-15)1-2-14-10-16(23(24)25)11-22-19(14)18(17)12-5-7-21-8-6-12/h3-4,9-11,21H,1-2,5-8H2. The molecule has 0 bridgehead atoms. The second-order valence-corrected chi connectivity index (χ2v) is 6.92. The molecule has 1 aromatic heterocycles. The van der Waals surface area contributed by atoms with Gasteiger partial charge < -0.3 is 5.32 Å². The summed E-state index contributed by atoms with van der Waals surface area (Å²) in [6.45, 7) is 1.90. The number of benzene rings is 1. The van der Waals surface area contributed by atoms with Crippen molar-refractivity contribution in [3.05, 3.63) is 73.6 Å². The molecule has 4 rings (SSSR count). The predicted octanol–water partition coefficient (Wildman–Crippen LogP) is 3.93. The summed E-state index contributed by atoms with van der Waals surface area (Å²) in [6, 6.07) is 7.68. The Kier molecular flexibility index (Phi) is 4.27. The molecule has 1 aliphatic heterocycles. The maximum atomic E-state index is 11.1. The van der Waals surface area contributed by atoms with Crippen LogP contribution in [0.2, 0.25) is 5.02 Å². The highest BCUT2D eigenvalue weighted by molar-refractivity contribution is 6.30. The minimum atomic E-state index is -0.375. The minimum absolute atomic E-state index is 0.0531. The van der Waals surface area contributed by atoms with Gasteiger partial charge in [-0.1, -0.05) is 23.2 Å². The zero-order valence-electron chi connectivity index (χ0n) is 13.7. The number of halogens is 1. The first-order chi connectivity index (χ1) is 12.1. The van der Waals surface area contributed by atoms with Gasteiger partial charge in [-0.15, -0.1) is 0 Å². The van der Waals surface area contributed by atoms with E-state index in [1.54, 1.807) is 6.07 Å². The number of rotatable bonds is 1. The molecule has 25 heavy (non-hydrogen) atoms. The number of piperidine rings is 1. The highest BCUT2D eigenvalue weighted by Crippen LogP contribution is 2.38. The number of hydrogen-bond donors (Lipinski definition) is 1. The highest BCUT2D eigenvalue weighted by Gasteiger charge is 2.25. The summed E-state index contributed by atoms with van der Waals surface area (Å²) >= 11 is 6.21. The third-order valence-electron chi connectivity index (χ3n) is 4.96. The molecule has 1 aliphatic carbocycles. The van der Waals surface area contributed by atoms with E-state index in [2.05, 4.69) is 16.4 Å². The molecule has 0 unspecified atom stereocenters. The topological polar surface area (TPSA) is 68.1 Å². The van der Waals surface area contributed by atoms with Crippen molar-refractivity contribution < 1.29 is 4.92 Å². The van der Waals surface area contributed by atoms with E-state index in [1.165, 1.54) is 22.9 Å². The largest absolute Gasteiger partial charge is 0.316 e. The van der Waals surface area contributed by atoms with Gasteiger partial charge in [-0.05, 0) is 67.6 Å². The fourth-order valence-electron chi connectivity index (χ4n) is 3.76. The van der Waals surface area contributed by atoms with Crippen LogP contribution >= 0.6 is 11.6 Å². The molecule has 0 atom stereocenters. The van der Waals surface area contributed by atoms with Crippen LogP contribution in [0.25, 0.3) is 5.57 Å². The monoisotopic (exact) mass is 355 g/mol. The lowest BCUT2D eigenvalue weighted by Crippen LogP contribution is -2.24. The lowest BCUT2D eigenvalue weighted by atomic mass is 9.89. The highest BCUT2D eigenvalue weighted by atomic mass is 35.5. The summed E-state index contributed by atoms with van der Waals surface area (Å²) < 4.78 is 0. The Bertz CT molecular complexity index is 884. The second kappa shape index (κ2) is 6.58. The third-order valence-corrected chi connectivity index (χ3v) is 5.20.